The van der Waals surface area contributed by atoms with Crippen molar-refractivity contribution in [3.63, 3.8) is 0 Å². The topological polar surface area (TPSA) is 57.2 Å². The van der Waals surface area contributed by atoms with Crippen molar-refractivity contribution in [2.45, 2.75) is 25.7 Å². The number of carbonyl (C=O) groups excluding carboxylic acids is 1. The summed E-state index contributed by atoms with van der Waals surface area (Å²) in [7, 11) is 5.20. The van der Waals surface area contributed by atoms with E-state index in [9.17, 15) is 4.79 Å². The van der Waals surface area contributed by atoms with Crippen LogP contribution >= 0.6 is 24.0 Å². The van der Waals surface area contributed by atoms with Crippen LogP contribution in [0.4, 0.5) is 0 Å². The van der Waals surface area contributed by atoms with Gasteiger partial charge in [-0.3, -0.25) is 4.79 Å². The molecule has 2 unspecified atom stereocenters. The number of piperidine rings is 1. The van der Waals surface area contributed by atoms with Gasteiger partial charge in [-0.2, -0.15) is 0 Å². The van der Waals surface area contributed by atoms with Crippen molar-refractivity contribution in [1.29, 1.82) is 0 Å². The molecule has 1 fully saturated rings. The molecular weight excluding hydrogens is 467 g/mol. The van der Waals surface area contributed by atoms with Crippen molar-refractivity contribution in [2.24, 2.45) is 10.9 Å². The van der Waals surface area contributed by atoms with Crippen LogP contribution in [-0.2, 0) is 9.53 Å². The minimum Gasteiger partial charge on any atom is -0.383 e. The molecule has 0 radical (unpaired) electrons. The van der Waals surface area contributed by atoms with Crippen molar-refractivity contribution in [1.82, 2.24) is 15.1 Å². The summed E-state index contributed by atoms with van der Waals surface area (Å²) in [6, 6.07) is 10.8. The van der Waals surface area contributed by atoms with Crippen LogP contribution in [0.1, 0.15) is 31.2 Å². The first kappa shape index (κ1) is 24.7. The SMILES string of the molecule is CCC1CN(C(=NCC(=O)N(C)C)NCCOC)CCC1c1ccccc1.I. The van der Waals surface area contributed by atoms with Gasteiger partial charge in [-0.1, -0.05) is 43.7 Å². The van der Waals surface area contributed by atoms with Gasteiger partial charge in [0.05, 0.1) is 6.61 Å². The molecule has 1 amide bonds. The van der Waals surface area contributed by atoms with Gasteiger partial charge in [-0.25, -0.2) is 4.99 Å². The van der Waals surface area contributed by atoms with E-state index in [2.05, 4.69) is 52.5 Å². The first-order chi connectivity index (χ1) is 13.1. The lowest BCUT2D eigenvalue weighted by atomic mass is 9.79. The number of guanidine groups is 1. The minimum atomic E-state index is 0. The van der Waals surface area contributed by atoms with Gasteiger partial charge in [0.1, 0.15) is 6.54 Å². The smallest absolute Gasteiger partial charge is 0.243 e. The minimum absolute atomic E-state index is 0. The molecule has 28 heavy (non-hydrogen) atoms. The van der Waals surface area contributed by atoms with Gasteiger partial charge >= 0.3 is 0 Å². The fourth-order valence-corrected chi connectivity index (χ4v) is 3.59. The Hall–Kier alpha value is -1.35. The third-order valence-corrected chi connectivity index (χ3v) is 5.24. The molecule has 158 valence electrons. The molecule has 1 aliphatic heterocycles. The zero-order valence-corrected chi connectivity index (χ0v) is 19.9. The van der Waals surface area contributed by atoms with Crippen molar-refractivity contribution < 1.29 is 9.53 Å². The van der Waals surface area contributed by atoms with Crippen molar-refractivity contribution in [2.75, 3.05) is 54.0 Å². The van der Waals surface area contributed by atoms with Crippen molar-refractivity contribution in [3.05, 3.63) is 35.9 Å². The Morgan fingerprint density at radius 1 is 1.32 bits per heavy atom. The Morgan fingerprint density at radius 2 is 2.04 bits per heavy atom. The monoisotopic (exact) mass is 502 g/mol. The molecular formula is C21H35IN4O2. The van der Waals surface area contributed by atoms with Gasteiger partial charge < -0.3 is 19.9 Å². The van der Waals surface area contributed by atoms with Crippen LogP contribution < -0.4 is 5.32 Å². The lowest BCUT2D eigenvalue weighted by Crippen LogP contribution is -2.49. The Balaban J connectivity index is 0.00000392. The van der Waals surface area contributed by atoms with Crippen LogP contribution in [0.3, 0.4) is 0 Å². The second-order valence-corrected chi connectivity index (χ2v) is 7.27. The van der Waals surface area contributed by atoms with E-state index in [0.29, 0.717) is 25.0 Å². The maximum absolute atomic E-state index is 12.0. The van der Waals surface area contributed by atoms with Gasteiger partial charge in [0.25, 0.3) is 0 Å². The number of hydrogen-bond donors (Lipinski definition) is 1. The number of nitrogens with one attached hydrogen (secondary N) is 1. The molecule has 0 aliphatic carbocycles. The van der Waals surface area contributed by atoms with Gasteiger partial charge in [-0.05, 0) is 23.8 Å². The number of hydrogen-bond acceptors (Lipinski definition) is 3. The van der Waals surface area contributed by atoms with E-state index in [1.165, 1.54) is 5.56 Å². The molecule has 1 heterocycles. The number of benzene rings is 1. The Kier molecular flexibility index (Phi) is 11.4. The highest BCUT2D eigenvalue weighted by atomic mass is 127. The molecule has 1 aromatic carbocycles. The number of ether oxygens (including phenoxy) is 1. The largest absolute Gasteiger partial charge is 0.383 e. The normalized spacial score (nSPS) is 19.7. The predicted molar refractivity (Wildman–Crippen MR) is 125 cm³/mol. The zero-order valence-electron chi connectivity index (χ0n) is 17.6. The molecule has 1 N–H and O–H groups in total. The second kappa shape index (κ2) is 13.0. The quantitative estimate of drug-likeness (QED) is 0.270. The number of aliphatic imine (C=N–C) groups is 1. The summed E-state index contributed by atoms with van der Waals surface area (Å²) < 4.78 is 5.15. The van der Waals surface area contributed by atoms with Gasteiger partial charge in [0.15, 0.2) is 5.96 Å². The maximum Gasteiger partial charge on any atom is 0.243 e. The summed E-state index contributed by atoms with van der Waals surface area (Å²) in [6.45, 7) is 5.60. The van der Waals surface area contributed by atoms with Crippen LogP contribution in [0.5, 0.6) is 0 Å². The number of halogens is 1. The maximum atomic E-state index is 12.0. The molecule has 1 saturated heterocycles. The van der Waals surface area contributed by atoms with Crippen LogP contribution in [0.2, 0.25) is 0 Å². The highest BCUT2D eigenvalue weighted by Gasteiger charge is 2.30. The van der Waals surface area contributed by atoms with E-state index in [1.807, 2.05) is 0 Å². The number of methoxy groups -OCH3 is 1. The predicted octanol–water partition coefficient (Wildman–Crippen LogP) is 2.80. The van der Waals surface area contributed by atoms with Crippen molar-refractivity contribution >= 4 is 35.8 Å². The average Bonchev–Trinajstić information content (AvgIpc) is 2.70. The highest BCUT2D eigenvalue weighted by molar-refractivity contribution is 14.0. The lowest BCUT2D eigenvalue weighted by molar-refractivity contribution is -0.127. The van der Waals surface area contributed by atoms with E-state index >= 15 is 0 Å². The molecule has 2 atom stereocenters. The Bertz CT molecular complexity index is 610. The Labute approximate surface area is 186 Å². The molecule has 0 spiro atoms. The Morgan fingerprint density at radius 3 is 2.64 bits per heavy atom. The average molecular weight is 502 g/mol. The molecule has 2 rings (SSSR count). The number of likely N-dealkylation sites (N-methyl/N-ethyl adjacent to an activating group) is 1. The summed E-state index contributed by atoms with van der Waals surface area (Å²) in [5.41, 5.74) is 1.43. The van der Waals surface area contributed by atoms with Crippen LogP contribution in [-0.4, -0.2) is 75.7 Å². The summed E-state index contributed by atoms with van der Waals surface area (Å²) >= 11 is 0. The number of rotatable bonds is 7. The van der Waals surface area contributed by atoms with Gasteiger partial charge in [-0.15, -0.1) is 24.0 Å². The lowest BCUT2D eigenvalue weighted by Gasteiger charge is -2.40. The van der Waals surface area contributed by atoms with E-state index in [-0.39, 0.29) is 36.4 Å². The van der Waals surface area contributed by atoms with Crippen molar-refractivity contribution in [3.8, 4) is 0 Å². The fraction of sp³-hybridized carbons (Fsp3) is 0.619. The first-order valence-electron chi connectivity index (χ1n) is 9.84. The van der Waals surface area contributed by atoms with E-state index in [0.717, 1.165) is 31.9 Å². The molecule has 1 aromatic rings. The first-order valence-corrected chi connectivity index (χ1v) is 9.84. The molecule has 7 heteroatoms. The third-order valence-electron chi connectivity index (χ3n) is 5.24. The number of likely N-dealkylation sites (tertiary alicyclic amines) is 1. The second-order valence-electron chi connectivity index (χ2n) is 7.27. The standard InChI is InChI=1S/C21H34N4O2.HI/c1-5-17-16-25(13-11-19(17)18-9-7-6-8-10-18)21(22-12-14-27-4)23-15-20(26)24(2)3;/h6-10,17,19H,5,11-16H2,1-4H3,(H,22,23);1H. The zero-order chi connectivity index (χ0) is 19.6. The molecule has 0 aromatic heterocycles. The van der Waals surface area contributed by atoms with Crippen LogP contribution in [0, 0.1) is 5.92 Å². The molecule has 1 aliphatic rings. The van der Waals surface area contributed by atoms with E-state index < -0.39 is 0 Å². The van der Waals surface area contributed by atoms with E-state index in [4.69, 9.17) is 4.74 Å². The molecule has 0 saturated carbocycles. The number of nitrogens with zero attached hydrogens (tertiary/aromatic N) is 3. The summed E-state index contributed by atoms with van der Waals surface area (Å²) in [4.78, 5) is 20.4. The summed E-state index contributed by atoms with van der Waals surface area (Å²) in [5.74, 6) is 1.97. The van der Waals surface area contributed by atoms with Crippen LogP contribution in [0.25, 0.3) is 0 Å². The van der Waals surface area contributed by atoms with Gasteiger partial charge in [0, 0.05) is 40.8 Å². The molecule has 6 nitrogen and oxygen atoms in total. The fourth-order valence-electron chi connectivity index (χ4n) is 3.59. The number of amides is 1. The van der Waals surface area contributed by atoms with E-state index in [1.54, 1.807) is 26.1 Å². The van der Waals surface area contributed by atoms with Crippen LogP contribution in [0.15, 0.2) is 35.3 Å². The number of carbonyl (C=O) groups is 1. The summed E-state index contributed by atoms with van der Waals surface area (Å²) in [5, 5.41) is 3.36. The molecule has 0 bridgehead atoms. The summed E-state index contributed by atoms with van der Waals surface area (Å²) in [6.07, 6.45) is 2.22. The third kappa shape index (κ3) is 7.24. The van der Waals surface area contributed by atoms with Gasteiger partial charge in [0.2, 0.25) is 5.91 Å². The highest BCUT2D eigenvalue weighted by Crippen LogP contribution is 2.34.